The number of amides is 1. The van der Waals surface area contributed by atoms with E-state index < -0.39 is 5.97 Å². The minimum Gasteiger partial charge on any atom is -0.481 e. The largest absolute Gasteiger partial charge is 0.481 e. The first-order chi connectivity index (χ1) is 12.1. The van der Waals surface area contributed by atoms with Gasteiger partial charge in [0.2, 0.25) is 0 Å². The maximum atomic E-state index is 12.0. The highest BCUT2D eigenvalue weighted by atomic mass is 16.6. The lowest BCUT2D eigenvalue weighted by Gasteiger charge is -2.08. The van der Waals surface area contributed by atoms with Crippen molar-refractivity contribution in [2.45, 2.75) is 13.8 Å². The standard InChI is InChI=1S/C19H20N2O4/c1-3-24-18(22)13-25-17-7-5-4-6-16(17)12-20-21-19(23)15-10-8-14(2)9-11-15/h4-12H,3,13H2,1-2H3,(H,21,23)/b20-12-. The second-order valence-corrected chi connectivity index (χ2v) is 5.20. The summed E-state index contributed by atoms with van der Waals surface area (Å²) in [5, 5.41) is 3.94. The molecule has 6 nitrogen and oxygen atoms in total. The van der Waals surface area contributed by atoms with Crippen LogP contribution in [0.2, 0.25) is 0 Å². The molecule has 2 rings (SSSR count). The number of carbonyl (C=O) groups is 2. The van der Waals surface area contributed by atoms with Crippen molar-refractivity contribution in [2.24, 2.45) is 5.10 Å². The number of aryl methyl sites for hydroxylation is 1. The average molecular weight is 340 g/mol. The summed E-state index contributed by atoms with van der Waals surface area (Å²) in [5.41, 5.74) is 4.70. The van der Waals surface area contributed by atoms with Crippen LogP contribution < -0.4 is 10.2 Å². The molecule has 1 N–H and O–H groups in total. The fourth-order valence-corrected chi connectivity index (χ4v) is 1.99. The second-order valence-electron chi connectivity index (χ2n) is 5.20. The highest BCUT2D eigenvalue weighted by Crippen LogP contribution is 2.15. The van der Waals surface area contributed by atoms with E-state index in [0.717, 1.165) is 5.56 Å². The fraction of sp³-hybridized carbons (Fsp3) is 0.211. The predicted octanol–water partition coefficient (Wildman–Crippen LogP) is 2.70. The van der Waals surface area contributed by atoms with Crippen LogP contribution in [-0.4, -0.2) is 31.3 Å². The first kappa shape index (κ1) is 18.2. The van der Waals surface area contributed by atoms with Crippen molar-refractivity contribution >= 4 is 18.1 Å². The van der Waals surface area contributed by atoms with E-state index in [1.165, 1.54) is 6.21 Å². The normalized spacial score (nSPS) is 10.5. The number of esters is 1. The molecule has 2 aromatic rings. The van der Waals surface area contributed by atoms with E-state index in [0.29, 0.717) is 23.5 Å². The predicted molar refractivity (Wildman–Crippen MR) is 94.8 cm³/mol. The maximum Gasteiger partial charge on any atom is 0.344 e. The monoisotopic (exact) mass is 340 g/mol. The number of rotatable bonds is 7. The Labute approximate surface area is 146 Å². The minimum absolute atomic E-state index is 0.186. The van der Waals surface area contributed by atoms with Gasteiger partial charge in [-0.15, -0.1) is 0 Å². The number of carbonyl (C=O) groups excluding carboxylic acids is 2. The van der Waals surface area contributed by atoms with Crippen LogP contribution in [0.15, 0.2) is 53.6 Å². The Bertz CT molecular complexity index is 754. The fourth-order valence-electron chi connectivity index (χ4n) is 1.99. The number of hydrogen-bond acceptors (Lipinski definition) is 5. The minimum atomic E-state index is -0.443. The molecule has 1 amide bonds. The van der Waals surface area contributed by atoms with E-state index in [4.69, 9.17) is 9.47 Å². The summed E-state index contributed by atoms with van der Waals surface area (Å²) < 4.78 is 10.2. The van der Waals surface area contributed by atoms with Gasteiger partial charge in [-0.05, 0) is 38.1 Å². The molecule has 0 aliphatic carbocycles. The summed E-state index contributed by atoms with van der Waals surface area (Å²) in [4.78, 5) is 23.4. The van der Waals surface area contributed by atoms with Crippen molar-refractivity contribution in [1.29, 1.82) is 0 Å². The Morgan fingerprint density at radius 3 is 2.56 bits per heavy atom. The molecule has 0 bridgehead atoms. The summed E-state index contributed by atoms with van der Waals surface area (Å²) in [7, 11) is 0. The molecule has 0 fully saturated rings. The lowest BCUT2D eigenvalue weighted by atomic mass is 10.1. The Morgan fingerprint density at radius 2 is 1.84 bits per heavy atom. The summed E-state index contributed by atoms with van der Waals surface area (Å²) in [6.07, 6.45) is 1.46. The molecule has 25 heavy (non-hydrogen) atoms. The summed E-state index contributed by atoms with van der Waals surface area (Å²) in [5.74, 6) is -0.271. The van der Waals surface area contributed by atoms with Crippen LogP contribution >= 0.6 is 0 Å². The van der Waals surface area contributed by atoms with Crippen molar-refractivity contribution in [2.75, 3.05) is 13.2 Å². The molecule has 0 aliphatic rings. The van der Waals surface area contributed by atoms with Crippen LogP contribution in [0.5, 0.6) is 5.75 Å². The van der Waals surface area contributed by atoms with Crippen molar-refractivity contribution in [3.8, 4) is 5.75 Å². The van der Waals surface area contributed by atoms with Gasteiger partial charge in [-0.1, -0.05) is 29.8 Å². The molecule has 0 atom stereocenters. The molecule has 6 heteroatoms. The van der Waals surface area contributed by atoms with Crippen LogP contribution in [0.3, 0.4) is 0 Å². The first-order valence-corrected chi connectivity index (χ1v) is 7.87. The van der Waals surface area contributed by atoms with Gasteiger partial charge in [0.05, 0.1) is 12.8 Å². The lowest BCUT2D eigenvalue weighted by molar-refractivity contribution is -0.145. The molecule has 0 saturated heterocycles. The van der Waals surface area contributed by atoms with Crippen LogP contribution in [0.4, 0.5) is 0 Å². The second kappa shape index (κ2) is 9.22. The lowest BCUT2D eigenvalue weighted by Crippen LogP contribution is -2.18. The zero-order valence-electron chi connectivity index (χ0n) is 14.2. The zero-order valence-corrected chi connectivity index (χ0v) is 14.2. The highest BCUT2D eigenvalue weighted by molar-refractivity contribution is 5.95. The number of hydrazone groups is 1. The van der Waals surface area contributed by atoms with Gasteiger partial charge in [-0.25, -0.2) is 10.2 Å². The van der Waals surface area contributed by atoms with Crippen LogP contribution in [-0.2, 0) is 9.53 Å². The number of hydrogen-bond donors (Lipinski definition) is 1. The summed E-state index contributed by atoms with van der Waals surface area (Å²) >= 11 is 0. The van der Waals surface area contributed by atoms with Crippen molar-refractivity contribution < 1.29 is 19.1 Å². The topological polar surface area (TPSA) is 77.0 Å². The molecular weight excluding hydrogens is 320 g/mol. The number of nitrogens with zero attached hydrogens (tertiary/aromatic N) is 1. The van der Waals surface area contributed by atoms with Crippen molar-refractivity contribution in [3.63, 3.8) is 0 Å². The third kappa shape index (κ3) is 5.76. The number of benzene rings is 2. The van der Waals surface area contributed by atoms with E-state index in [2.05, 4.69) is 10.5 Å². The van der Waals surface area contributed by atoms with E-state index in [-0.39, 0.29) is 12.5 Å². The Balaban J connectivity index is 1.97. The van der Waals surface area contributed by atoms with Gasteiger partial charge in [-0.2, -0.15) is 5.10 Å². The maximum absolute atomic E-state index is 12.0. The Kier molecular flexibility index (Phi) is 6.71. The molecule has 0 saturated carbocycles. The van der Waals surface area contributed by atoms with Gasteiger partial charge in [-0.3, -0.25) is 4.79 Å². The molecule has 0 aliphatic heterocycles. The molecule has 2 aromatic carbocycles. The molecule has 0 radical (unpaired) electrons. The van der Waals surface area contributed by atoms with Gasteiger partial charge in [0, 0.05) is 11.1 Å². The van der Waals surface area contributed by atoms with Crippen LogP contribution in [0.25, 0.3) is 0 Å². The smallest absolute Gasteiger partial charge is 0.344 e. The third-order valence-electron chi connectivity index (χ3n) is 3.25. The summed E-state index contributed by atoms with van der Waals surface area (Å²) in [6, 6.07) is 14.2. The van der Waals surface area contributed by atoms with Gasteiger partial charge >= 0.3 is 5.97 Å². The first-order valence-electron chi connectivity index (χ1n) is 7.87. The summed E-state index contributed by atoms with van der Waals surface area (Å²) in [6.45, 7) is 3.80. The van der Waals surface area contributed by atoms with Gasteiger partial charge in [0.25, 0.3) is 5.91 Å². The van der Waals surface area contributed by atoms with Gasteiger partial charge in [0.15, 0.2) is 6.61 Å². The van der Waals surface area contributed by atoms with Crippen LogP contribution in [0, 0.1) is 6.92 Å². The number of nitrogens with one attached hydrogen (secondary N) is 1. The van der Waals surface area contributed by atoms with Crippen LogP contribution in [0.1, 0.15) is 28.4 Å². The Morgan fingerprint density at radius 1 is 1.12 bits per heavy atom. The molecule has 0 heterocycles. The SMILES string of the molecule is CCOC(=O)COc1ccccc1/C=N\NC(=O)c1ccc(C)cc1. The van der Waals surface area contributed by atoms with Crippen molar-refractivity contribution in [1.82, 2.24) is 5.43 Å². The number of ether oxygens (including phenoxy) is 2. The molecule has 0 aromatic heterocycles. The van der Waals surface area contributed by atoms with E-state index in [1.54, 1.807) is 43.3 Å². The average Bonchev–Trinajstić information content (AvgIpc) is 2.61. The Hall–Kier alpha value is -3.15. The quantitative estimate of drug-likeness (QED) is 0.478. The van der Waals surface area contributed by atoms with E-state index >= 15 is 0 Å². The van der Waals surface area contributed by atoms with Gasteiger partial charge < -0.3 is 9.47 Å². The van der Waals surface area contributed by atoms with Crippen molar-refractivity contribution in [3.05, 3.63) is 65.2 Å². The molecular formula is C19H20N2O4. The number of para-hydroxylation sites is 1. The van der Waals surface area contributed by atoms with E-state index in [9.17, 15) is 9.59 Å². The zero-order chi connectivity index (χ0) is 18.1. The molecule has 130 valence electrons. The third-order valence-corrected chi connectivity index (χ3v) is 3.25. The molecule has 0 spiro atoms. The van der Waals surface area contributed by atoms with Gasteiger partial charge in [0.1, 0.15) is 5.75 Å². The highest BCUT2D eigenvalue weighted by Gasteiger charge is 2.06. The molecule has 0 unspecified atom stereocenters. The van der Waals surface area contributed by atoms with E-state index in [1.807, 2.05) is 19.1 Å².